The zero-order valence-electron chi connectivity index (χ0n) is 13.9. The van der Waals surface area contributed by atoms with Crippen molar-refractivity contribution in [2.24, 2.45) is 5.41 Å². The summed E-state index contributed by atoms with van der Waals surface area (Å²) in [5, 5.41) is 0. The van der Waals surface area contributed by atoms with E-state index in [1.54, 1.807) is 11.8 Å². The van der Waals surface area contributed by atoms with E-state index in [1.165, 1.54) is 4.90 Å². The van der Waals surface area contributed by atoms with Crippen LogP contribution in [0.3, 0.4) is 0 Å². The van der Waals surface area contributed by atoms with Gasteiger partial charge in [-0.15, -0.1) is 11.8 Å². The van der Waals surface area contributed by atoms with Gasteiger partial charge in [-0.3, -0.25) is 9.59 Å². The first-order valence-corrected chi connectivity index (χ1v) is 9.43. The minimum Gasteiger partial charge on any atom is -0.345 e. The maximum Gasteiger partial charge on any atom is 0.230 e. The van der Waals surface area contributed by atoms with Gasteiger partial charge in [0.25, 0.3) is 0 Å². The van der Waals surface area contributed by atoms with Crippen molar-refractivity contribution in [3.8, 4) is 0 Å². The van der Waals surface area contributed by atoms with Crippen LogP contribution in [0.4, 0.5) is 0 Å². The molecule has 1 atom stereocenters. The summed E-state index contributed by atoms with van der Waals surface area (Å²) in [6, 6.07) is 8.15. The summed E-state index contributed by atoms with van der Waals surface area (Å²) in [6.45, 7) is 2.15. The van der Waals surface area contributed by atoms with E-state index >= 15 is 0 Å². The monoisotopic (exact) mass is 332 g/mol. The zero-order chi connectivity index (χ0) is 16.4. The molecule has 1 unspecified atom stereocenters. The Morgan fingerprint density at radius 1 is 1.22 bits per heavy atom. The lowest BCUT2D eigenvalue weighted by Crippen LogP contribution is -2.48. The molecule has 3 rings (SSSR count). The van der Waals surface area contributed by atoms with Gasteiger partial charge in [-0.05, 0) is 43.2 Å². The van der Waals surface area contributed by atoms with Gasteiger partial charge in [0.2, 0.25) is 11.8 Å². The number of piperidine rings is 1. The predicted molar refractivity (Wildman–Crippen MR) is 92.4 cm³/mol. The van der Waals surface area contributed by atoms with E-state index in [9.17, 15) is 9.59 Å². The molecule has 0 aliphatic carbocycles. The van der Waals surface area contributed by atoms with Gasteiger partial charge in [0.05, 0.1) is 11.8 Å². The van der Waals surface area contributed by atoms with Crippen molar-refractivity contribution in [2.75, 3.05) is 32.9 Å². The minimum absolute atomic E-state index is 0.139. The number of amides is 2. The van der Waals surface area contributed by atoms with Gasteiger partial charge in [-0.25, -0.2) is 0 Å². The molecule has 23 heavy (non-hydrogen) atoms. The fourth-order valence-electron chi connectivity index (χ4n) is 3.76. The maximum absolute atomic E-state index is 12.6. The Morgan fingerprint density at radius 3 is 2.65 bits per heavy atom. The number of carbonyl (C=O) groups excluding carboxylic acids is 2. The lowest BCUT2D eigenvalue weighted by Gasteiger charge is -2.37. The quantitative estimate of drug-likeness (QED) is 0.798. The highest BCUT2D eigenvalue weighted by Gasteiger charge is 2.48. The van der Waals surface area contributed by atoms with Crippen molar-refractivity contribution in [3.05, 3.63) is 29.8 Å². The summed E-state index contributed by atoms with van der Waals surface area (Å²) in [7, 11) is 1.88. The molecule has 1 spiro atoms. The number of hydrogen-bond acceptors (Lipinski definition) is 3. The van der Waals surface area contributed by atoms with Gasteiger partial charge in [0, 0.05) is 31.6 Å². The average molecular weight is 332 g/mol. The molecule has 0 aromatic heterocycles. The summed E-state index contributed by atoms with van der Waals surface area (Å²) < 4.78 is 0. The minimum atomic E-state index is -0.314. The molecular formula is C18H24N2O2S. The van der Waals surface area contributed by atoms with Gasteiger partial charge in [-0.1, -0.05) is 12.1 Å². The summed E-state index contributed by atoms with van der Waals surface area (Å²) in [5.41, 5.74) is 0.728. The number of nitrogens with zero attached hydrogens (tertiary/aromatic N) is 2. The number of hydrogen-bond donors (Lipinski definition) is 0. The smallest absolute Gasteiger partial charge is 0.230 e. The van der Waals surface area contributed by atoms with E-state index in [4.69, 9.17) is 0 Å². The number of likely N-dealkylation sites (tertiary alicyclic amines) is 2. The molecule has 0 bridgehead atoms. The third-order valence-electron chi connectivity index (χ3n) is 5.17. The molecule has 2 aliphatic heterocycles. The van der Waals surface area contributed by atoms with Crippen LogP contribution in [0.5, 0.6) is 0 Å². The summed E-state index contributed by atoms with van der Waals surface area (Å²) in [4.78, 5) is 30.0. The van der Waals surface area contributed by atoms with Gasteiger partial charge < -0.3 is 9.80 Å². The molecule has 2 amide bonds. The van der Waals surface area contributed by atoms with Crippen LogP contribution in [-0.2, 0) is 16.0 Å². The molecule has 2 fully saturated rings. The second kappa shape index (κ2) is 6.56. The maximum atomic E-state index is 12.6. The normalized spacial score (nSPS) is 24.5. The first kappa shape index (κ1) is 16.4. The Kier molecular flexibility index (Phi) is 4.67. The molecule has 2 saturated heterocycles. The fraction of sp³-hybridized carbons (Fsp3) is 0.556. The van der Waals surface area contributed by atoms with Crippen molar-refractivity contribution in [1.82, 2.24) is 9.80 Å². The third kappa shape index (κ3) is 3.25. The highest BCUT2D eigenvalue weighted by Crippen LogP contribution is 2.39. The second-order valence-electron chi connectivity index (χ2n) is 6.70. The van der Waals surface area contributed by atoms with Crippen molar-refractivity contribution in [2.45, 2.75) is 30.6 Å². The Labute approximate surface area is 142 Å². The molecule has 0 radical (unpaired) electrons. The average Bonchev–Trinajstić information content (AvgIpc) is 2.99. The van der Waals surface area contributed by atoms with Crippen molar-refractivity contribution >= 4 is 23.6 Å². The van der Waals surface area contributed by atoms with Crippen molar-refractivity contribution in [3.63, 3.8) is 0 Å². The topological polar surface area (TPSA) is 40.6 Å². The van der Waals surface area contributed by atoms with Crippen molar-refractivity contribution in [1.29, 1.82) is 0 Å². The number of benzene rings is 1. The Morgan fingerprint density at radius 2 is 1.96 bits per heavy atom. The molecule has 124 valence electrons. The molecule has 1 aromatic rings. The lowest BCUT2D eigenvalue weighted by molar-refractivity contribution is -0.144. The summed E-state index contributed by atoms with van der Waals surface area (Å²) in [5.74, 6) is 0.364. The highest BCUT2D eigenvalue weighted by atomic mass is 32.2. The lowest BCUT2D eigenvalue weighted by atomic mass is 9.78. The van der Waals surface area contributed by atoms with E-state index in [-0.39, 0.29) is 17.2 Å². The molecular weight excluding hydrogens is 308 g/mol. The SMILES string of the molecule is CSc1ccc(CC(=O)N2CCC3(CCCN(C)C3=O)C2)cc1. The number of rotatable bonds is 3. The van der Waals surface area contributed by atoms with Gasteiger partial charge in [-0.2, -0.15) is 0 Å². The standard InChI is InChI=1S/C18H24N2O2S/c1-19-10-3-8-18(17(19)22)9-11-20(13-18)16(21)12-14-4-6-15(23-2)7-5-14/h4-7H,3,8-13H2,1-2H3. The zero-order valence-corrected chi connectivity index (χ0v) is 14.7. The van der Waals surface area contributed by atoms with Gasteiger partial charge in [0.15, 0.2) is 0 Å². The predicted octanol–water partition coefficient (Wildman–Crippen LogP) is 2.42. The van der Waals surface area contributed by atoms with E-state index in [0.29, 0.717) is 19.5 Å². The van der Waals surface area contributed by atoms with E-state index in [1.807, 2.05) is 35.2 Å². The Hall–Kier alpha value is -1.49. The number of carbonyl (C=O) groups is 2. The van der Waals surface area contributed by atoms with Crippen LogP contribution in [0.1, 0.15) is 24.8 Å². The number of thioether (sulfide) groups is 1. The largest absolute Gasteiger partial charge is 0.345 e. The molecule has 1 aromatic carbocycles. The van der Waals surface area contributed by atoms with E-state index < -0.39 is 0 Å². The third-order valence-corrected chi connectivity index (χ3v) is 5.91. The fourth-order valence-corrected chi connectivity index (χ4v) is 4.17. The Bertz CT molecular complexity index is 602. The molecule has 4 nitrogen and oxygen atoms in total. The van der Waals surface area contributed by atoms with Crippen LogP contribution < -0.4 is 0 Å². The van der Waals surface area contributed by atoms with Crippen LogP contribution in [0.2, 0.25) is 0 Å². The first-order chi connectivity index (χ1) is 11.0. The Balaban J connectivity index is 1.64. The molecule has 2 aliphatic rings. The van der Waals surface area contributed by atoms with Crippen LogP contribution in [0.25, 0.3) is 0 Å². The highest BCUT2D eigenvalue weighted by molar-refractivity contribution is 7.98. The van der Waals surface area contributed by atoms with Gasteiger partial charge >= 0.3 is 0 Å². The second-order valence-corrected chi connectivity index (χ2v) is 7.58. The molecule has 5 heteroatoms. The van der Waals surface area contributed by atoms with Crippen molar-refractivity contribution < 1.29 is 9.59 Å². The summed E-state index contributed by atoms with van der Waals surface area (Å²) in [6.07, 6.45) is 5.24. The van der Waals surface area contributed by atoms with E-state index in [0.717, 1.165) is 31.4 Å². The summed E-state index contributed by atoms with van der Waals surface area (Å²) >= 11 is 1.70. The first-order valence-electron chi connectivity index (χ1n) is 8.20. The molecule has 0 saturated carbocycles. The molecule has 2 heterocycles. The molecule has 0 N–H and O–H groups in total. The van der Waals surface area contributed by atoms with Crippen LogP contribution in [-0.4, -0.2) is 54.6 Å². The van der Waals surface area contributed by atoms with Gasteiger partial charge in [0.1, 0.15) is 0 Å². The van der Waals surface area contributed by atoms with Crippen LogP contribution in [0, 0.1) is 5.41 Å². The van der Waals surface area contributed by atoms with Crippen LogP contribution >= 0.6 is 11.8 Å². The van der Waals surface area contributed by atoms with E-state index in [2.05, 4.69) is 12.1 Å². The van der Waals surface area contributed by atoms with Crippen LogP contribution in [0.15, 0.2) is 29.2 Å².